The van der Waals surface area contributed by atoms with Crippen molar-refractivity contribution in [2.45, 2.75) is 19.0 Å². The summed E-state index contributed by atoms with van der Waals surface area (Å²) in [5, 5.41) is 21.0. The van der Waals surface area contributed by atoms with E-state index < -0.39 is 5.54 Å². The lowest BCUT2D eigenvalue weighted by Crippen LogP contribution is -2.48. The summed E-state index contributed by atoms with van der Waals surface area (Å²) in [6.45, 7) is 1.90. The fourth-order valence-corrected chi connectivity index (χ4v) is 0.876. The van der Waals surface area contributed by atoms with E-state index >= 15 is 0 Å². The quantitative estimate of drug-likeness (QED) is 0.582. The van der Waals surface area contributed by atoms with Gasteiger partial charge in [0.15, 0.2) is 0 Å². The molecule has 5 nitrogen and oxygen atoms in total. The van der Waals surface area contributed by atoms with Crippen LogP contribution in [-0.4, -0.2) is 38.9 Å². The molecule has 0 amide bonds. The van der Waals surface area contributed by atoms with E-state index in [9.17, 15) is 0 Å². The summed E-state index contributed by atoms with van der Waals surface area (Å²) in [5.41, 5.74) is -0.681. The van der Waals surface area contributed by atoms with Gasteiger partial charge in [0.2, 0.25) is 0 Å². The Morgan fingerprint density at radius 2 is 1.86 bits per heavy atom. The Morgan fingerprint density at radius 1 is 1.29 bits per heavy atom. The Hall–Kier alpha value is -1.04. The van der Waals surface area contributed by atoms with Gasteiger partial charge in [-0.3, -0.25) is 0 Å². The van der Waals surface area contributed by atoms with E-state index in [0.717, 1.165) is 0 Å². The summed E-state index contributed by atoms with van der Waals surface area (Å²) >= 11 is 0. The first-order chi connectivity index (χ1) is 6.70. The van der Waals surface area contributed by atoms with Gasteiger partial charge in [0.05, 0.1) is 25.3 Å². The summed E-state index contributed by atoms with van der Waals surface area (Å²) < 4.78 is 0. The SMILES string of the molecule is CC(CO)(CO)NCc1ncccn1. The molecule has 1 aromatic heterocycles. The molecule has 0 fully saturated rings. The lowest BCUT2D eigenvalue weighted by Gasteiger charge is -2.25. The highest BCUT2D eigenvalue weighted by Gasteiger charge is 2.21. The molecule has 0 unspecified atom stereocenters. The van der Waals surface area contributed by atoms with Crippen molar-refractivity contribution in [2.24, 2.45) is 0 Å². The molecule has 0 aliphatic rings. The molecule has 0 atom stereocenters. The monoisotopic (exact) mass is 197 g/mol. The second-order valence-corrected chi connectivity index (χ2v) is 3.40. The van der Waals surface area contributed by atoms with Crippen molar-refractivity contribution >= 4 is 0 Å². The molecule has 14 heavy (non-hydrogen) atoms. The van der Waals surface area contributed by atoms with Crippen LogP contribution in [0.4, 0.5) is 0 Å². The number of hydrogen-bond acceptors (Lipinski definition) is 5. The smallest absolute Gasteiger partial charge is 0.141 e. The zero-order chi connectivity index (χ0) is 10.4. The van der Waals surface area contributed by atoms with Crippen molar-refractivity contribution in [2.75, 3.05) is 13.2 Å². The maximum atomic E-state index is 9.00. The molecule has 0 saturated carbocycles. The highest BCUT2D eigenvalue weighted by Crippen LogP contribution is 2.01. The molecule has 0 aromatic carbocycles. The molecular weight excluding hydrogens is 182 g/mol. The van der Waals surface area contributed by atoms with Crippen LogP contribution in [0.15, 0.2) is 18.5 Å². The van der Waals surface area contributed by atoms with Crippen LogP contribution in [0.5, 0.6) is 0 Å². The Labute approximate surface area is 82.8 Å². The van der Waals surface area contributed by atoms with Gasteiger partial charge in [-0.25, -0.2) is 9.97 Å². The molecule has 78 valence electrons. The number of aliphatic hydroxyl groups excluding tert-OH is 2. The summed E-state index contributed by atoms with van der Waals surface area (Å²) in [6, 6.07) is 1.74. The number of rotatable bonds is 5. The summed E-state index contributed by atoms with van der Waals surface area (Å²) in [5.74, 6) is 0.639. The third-order valence-electron chi connectivity index (χ3n) is 1.99. The standard InChI is InChI=1S/C9H15N3O2/c1-9(6-13,7-14)12-5-8-10-3-2-4-11-8/h2-4,12-14H,5-7H2,1H3. The molecule has 0 aliphatic carbocycles. The van der Waals surface area contributed by atoms with Crippen molar-refractivity contribution in [3.63, 3.8) is 0 Å². The van der Waals surface area contributed by atoms with Gasteiger partial charge in [-0.1, -0.05) is 0 Å². The molecule has 0 aliphatic heterocycles. The van der Waals surface area contributed by atoms with Crippen LogP contribution >= 0.6 is 0 Å². The number of nitrogens with zero attached hydrogens (tertiary/aromatic N) is 2. The summed E-state index contributed by atoms with van der Waals surface area (Å²) in [6.07, 6.45) is 3.30. The first kappa shape index (κ1) is 11.0. The highest BCUT2D eigenvalue weighted by atomic mass is 16.3. The Bertz CT molecular complexity index is 262. The minimum absolute atomic E-state index is 0.129. The minimum Gasteiger partial charge on any atom is -0.394 e. The molecule has 1 aromatic rings. The van der Waals surface area contributed by atoms with Gasteiger partial charge in [-0.05, 0) is 13.0 Å². The fraction of sp³-hybridized carbons (Fsp3) is 0.556. The number of aromatic nitrogens is 2. The average Bonchev–Trinajstić information content (AvgIpc) is 2.27. The van der Waals surface area contributed by atoms with Gasteiger partial charge in [-0.15, -0.1) is 0 Å². The molecule has 3 N–H and O–H groups in total. The molecule has 1 heterocycles. The Balaban J connectivity index is 2.48. The number of aliphatic hydroxyl groups is 2. The fourth-order valence-electron chi connectivity index (χ4n) is 0.876. The van der Waals surface area contributed by atoms with Crippen molar-refractivity contribution in [1.29, 1.82) is 0 Å². The van der Waals surface area contributed by atoms with Gasteiger partial charge in [-0.2, -0.15) is 0 Å². The average molecular weight is 197 g/mol. The van der Waals surface area contributed by atoms with E-state index in [1.807, 2.05) is 0 Å². The lowest BCUT2D eigenvalue weighted by atomic mass is 10.1. The van der Waals surface area contributed by atoms with Crippen LogP contribution in [0.25, 0.3) is 0 Å². The predicted molar refractivity (Wildman–Crippen MR) is 51.4 cm³/mol. The number of nitrogens with one attached hydrogen (secondary N) is 1. The minimum atomic E-state index is -0.681. The van der Waals surface area contributed by atoms with Crippen LogP contribution in [0.3, 0.4) is 0 Å². The Kier molecular flexibility index (Phi) is 3.94. The maximum absolute atomic E-state index is 9.00. The van der Waals surface area contributed by atoms with Crippen molar-refractivity contribution in [1.82, 2.24) is 15.3 Å². The van der Waals surface area contributed by atoms with Crippen LogP contribution in [0.1, 0.15) is 12.7 Å². The topological polar surface area (TPSA) is 78.3 Å². The molecule has 0 spiro atoms. The van der Waals surface area contributed by atoms with Gasteiger partial charge in [0, 0.05) is 12.4 Å². The Morgan fingerprint density at radius 3 is 2.36 bits per heavy atom. The van der Waals surface area contributed by atoms with Crippen molar-refractivity contribution in [3.8, 4) is 0 Å². The van der Waals surface area contributed by atoms with Gasteiger partial charge in [0.1, 0.15) is 5.82 Å². The molecule has 0 radical (unpaired) electrons. The highest BCUT2D eigenvalue weighted by molar-refractivity contribution is 4.91. The maximum Gasteiger partial charge on any atom is 0.141 e. The van der Waals surface area contributed by atoms with Crippen LogP contribution in [-0.2, 0) is 6.54 Å². The van der Waals surface area contributed by atoms with Crippen LogP contribution in [0, 0.1) is 0 Å². The summed E-state index contributed by atoms with van der Waals surface area (Å²) in [7, 11) is 0. The van der Waals surface area contributed by atoms with Gasteiger partial charge in [0.25, 0.3) is 0 Å². The third kappa shape index (κ3) is 3.02. The van der Waals surface area contributed by atoms with Crippen LogP contribution < -0.4 is 5.32 Å². The molecule has 0 saturated heterocycles. The first-order valence-electron chi connectivity index (χ1n) is 4.43. The van der Waals surface area contributed by atoms with E-state index in [1.165, 1.54) is 0 Å². The number of hydrogen-bond donors (Lipinski definition) is 3. The van der Waals surface area contributed by atoms with Crippen molar-refractivity contribution < 1.29 is 10.2 Å². The predicted octanol–water partition coefficient (Wildman–Crippen LogP) is -0.691. The van der Waals surface area contributed by atoms with E-state index in [-0.39, 0.29) is 13.2 Å². The third-order valence-corrected chi connectivity index (χ3v) is 1.99. The molecule has 5 heteroatoms. The summed E-state index contributed by atoms with van der Waals surface area (Å²) in [4.78, 5) is 8.03. The second kappa shape index (κ2) is 4.99. The molecule has 0 bridgehead atoms. The normalized spacial score (nSPS) is 11.6. The van der Waals surface area contributed by atoms with E-state index in [0.29, 0.717) is 12.4 Å². The molecule has 1 rings (SSSR count). The van der Waals surface area contributed by atoms with E-state index in [4.69, 9.17) is 10.2 Å². The van der Waals surface area contributed by atoms with Gasteiger partial charge < -0.3 is 15.5 Å². The van der Waals surface area contributed by atoms with Crippen molar-refractivity contribution in [3.05, 3.63) is 24.3 Å². The first-order valence-corrected chi connectivity index (χ1v) is 4.43. The van der Waals surface area contributed by atoms with Gasteiger partial charge >= 0.3 is 0 Å². The lowest BCUT2D eigenvalue weighted by molar-refractivity contribution is 0.102. The second-order valence-electron chi connectivity index (χ2n) is 3.40. The van der Waals surface area contributed by atoms with Crippen LogP contribution in [0.2, 0.25) is 0 Å². The zero-order valence-corrected chi connectivity index (χ0v) is 8.14. The van der Waals surface area contributed by atoms with E-state index in [1.54, 1.807) is 25.4 Å². The van der Waals surface area contributed by atoms with E-state index in [2.05, 4.69) is 15.3 Å². The largest absolute Gasteiger partial charge is 0.394 e. The molecular formula is C9H15N3O2. The zero-order valence-electron chi connectivity index (χ0n) is 8.14.